The molecule has 0 atom stereocenters. The van der Waals surface area contributed by atoms with Gasteiger partial charge in [-0.05, 0) is 29.7 Å². The van der Waals surface area contributed by atoms with Crippen molar-refractivity contribution >= 4 is 28.7 Å². The zero-order valence-corrected chi connectivity index (χ0v) is 20.0. The number of carbonyl (C=O) groups excluding carboxylic acids is 2. The summed E-state index contributed by atoms with van der Waals surface area (Å²) in [5.74, 6) is -0.650. The van der Waals surface area contributed by atoms with Crippen LogP contribution in [0.4, 0.5) is 5.69 Å². The van der Waals surface area contributed by atoms with E-state index in [0.717, 1.165) is 15.9 Å². The largest absolute Gasteiger partial charge is 0.465 e. The van der Waals surface area contributed by atoms with Crippen LogP contribution in [0.1, 0.15) is 35.7 Å². The molecule has 36 heavy (non-hydrogen) atoms. The van der Waals surface area contributed by atoms with Gasteiger partial charge in [-0.15, -0.1) is 5.10 Å². The second kappa shape index (κ2) is 9.14. The Balaban J connectivity index is 1.45. The first-order valence-corrected chi connectivity index (χ1v) is 11.4. The van der Waals surface area contributed by atoms with Crippen LogP contribution in [-0.2, 0) is 16.1 Å². The molecule has 3 heterocycles. The quantitative estimate of drug-likeness (QED) is 0.370. The third kappa shape index (κ3) is 4.13. The SMILES string of the molecule is COC(=O)c1ccccc1NC(=O)Cn1nc2c3cc(-c4ccc(C(C)C)cc4)nn3ccn2c1=O. The molecule has 1 N–H and O–H groups in total. The number of fused-ring (bicyclic) bond motifs is 3. The van der Waals surface area contributed by atoms with Gasteiger partial charge in [0.05, 0.1) is 24.1 Å². The number of amides is 1. The minimum absolute atomic E-state index is 0.214. The van der Waals surface area contributed by atoms with Gasteiger partial charge in [0, 0.05) is 18.0 Å². The van der Waals surface area contributed by atoms with Gasteiger partial charge in [-0.2, -0.15) is 5.10 Å². The molecule has 2 aromatic carbocycles. The van der Waals surface area contributed by atoms with Crippen molar-refractivity contribution in [2.45, 2.75) is 26.3 Å². The van der Waals surface area contributed by atoms with Crippen LogP contribution in [0.3, 0.4) is 0 Å². The topological polar surface area (TPSA) is 112 Å². The molecule has 0 saturated carbocycles. The van der Waals surface area contributed by atoms with Crippen LogP contribution < -0.4 is 11.0 Å². The van der Waals surface area contributed by atoms with Gasteiger partial charge in [0.1, 0.15) is 12.1 Å². The Hall–Kier alpha value is -4.73. The maximum absolute atomic E-state index is 12.9. The average molecular weight is 485 g/mol. The maximum Gasteiger partial charge on any atom is 0.350 e. The minimum atomic E-state index is -0.575. The molecule has 0 aliphatic heterocycles. The predicted octanol–water partition coefficient (Wildman–Crippen LogP) is 3.36. The van der Waals surface area contributed by atoms with Crippen molar-refractivity contribution in [3.05, 3.63) is 88.6 Å². The molecule has 0 aliphatic rings. The number of methoxy groups -OCH3 is 1. The summed E-state index contributed by atoms with van der Waals surface area (Å²) in [5, 5.41) is 11.7. The number of carbonyl (C=O) groups is 2. The van der Waals surface area contributed by atoms with Gasteiger partial charge < -0.3 is 10.1 Å². The number of nitrogens with zero attached hydrogens (tertiary/aromatic N) is 5. The van der Waals surface area contributed by atoms with E-state index in [1.807, 2.05) is 18.2 Å². The van der Waals surface area contributed by atoms with Crippen molar-refractivity contribution in [2.75, 3.05) is 12.4 Å². The second-order valence-electron chi connectivity index (χ2n) is 8.65. The Morgan fingerprint density at radius 1 is 1.03 bits per heavy atom. The maximum atomic E-state index is 12.9. The van der Waals surface area contributed by atoms with Crippen LogP contribution in [0.25, 0.3) is 22.4 Å². The van der Waals surface area contributed by atoms with Gasteiger partial charge in [-0.25, -0.2) is 23.2 Å². The zero-order chi connectivity index (χ0) is 25.4. The van der Waals surface area contributed by atoms with E-state index in [1.54, 1.807) is 41.2 Å². The van der Waals surface area contributed by atoms with Crippen LogP contribution in [-0.4, -0.2) is 42.8 Å². The van der Waals surface area contributed by atoms with E-state index in [2.05, 4.69) is 41.5 Å². The average Bonchev–Trinajstić information content (AvgIpc) is 3.45. The van der Waals surface area contributed by atoms with E-state index < -0.39 is 17.6 Å². The van der Waals surface area contributed by atoms with Gasteiger partial charge in [0.2, 0.25) is 5.91 Å². The summed E-state index contributed by atoms with van der Waals surface area (Å²) < 4.78 is 8.87. The highest BCUT2D eigenvalue weighted by Crippen LogP contribution is 2.24. The molecule has 0 unspecified atom stereocenters. The highest BCUT2D eigenvalue weighted by molar-refractivity contribution is 6.01. The Kier molecular flexibility index (Phi) is 5.85. The van der Waals surface area contributed by atoms with Crippen molar-refractivity contribution in [3.63, 3.8) is 0 Å². The lowest BCUT2D eigenvalue weighted by molar-refractivity contribution is -0.117. The summed E-state index contributed by atoms with van der Waals surface area (Å²) in [5.41, 5.74) is 3.98. The fraction of sp³-hybridized carbons (Fsp3) is 0.192. The zero-order valence-electron chi connectivity index (χ0n) is 20.0. The summed E-state index contributed by atoms with van der Waals surface area (Å²) in [4.78, 5) is 37.6. The van der Waals surface area contributed by atoms with Gasteiger partial charge in [-0.1, -0.05) is 50.2 Å². The fourth-order valence-electron chi connectivity index (χ4n) is 4.02. The van der Waals surface area contributed by atoms with E-state index in [9.17, 15) is 14.4 Å². The summed E-state index contributed by atoms with van der Waals surface area (Å²) in [6.45, 7) is 3.95. The van der Waals surface area contributed by atoms with E-state index >= 15 is 0 Å². The molecule has 3 aromatic heterocycles. The third-order valence-corrected chi connectivity index (χ3v) is 5.97. The highest BCUT2D eigenvalue weighted by Gasteiger charge is 2.17. The molecule has 182 valence electrons. The Morgan fingerprint density at radius 3 is 2.50 bits per heavy atom. The Labute approximate surface area is 205 Å². The van der Waals surface area contributed by atoms with Crippen LogP contribution in [0.15, 0.2) is 71.8 Å². The number of hydrogen-bond acceptors (Lipinski definition) is 6. The van der Waals surface area contributed by atoms with Crippen molar-refractivity contribution in [1.29, 1.82) is 0 Å². The number of para-hydroxylation sites is 1. The van der Waals surface area contributed by atoms with Gasteiger partial charge in [0.15, 0.2) is 5.65 Å². The molecule has 5 aromatic rings. The number of nitrogens with one attached hydrogen (secondary N) is 1. The van der Waals surface area contributed by atoms with Crippen LogP contribution in [0.2, 0.25) is 0 Å². The molecule has 0 bridgehead atoms. The molecule has 0 saturated heterocycles. The predicted molar refractivity (Wildman–Crippen MR) is 134 cm³/mol. The van der Waals surface area contributed by atoms with E-state index in [0.29, 0.717) is 17.1 Å². The molecule has 0 spiro atoms. The van der Waals surface area contributed by atoms with Crippen LogP contribution in [0, 0.1) is 0 Å². The van der Waals surface area contributed by atoms with Gasteiger partial charge in [0.25, 0.3) is 0 Å². The lowest BCUT2D eigenvalue weighted by atomic mass is 10.0. The number of aromatic nitrogens is 5. The van der Waals surface area contributed by atoms with Crippen LogP contribution in [0.5, 0.6) is 0 Å². The molecule has 0 fully saturated rings. The fourth-order valence-corrected chi connectivity index (χ4v) is 4.02. The smallest absolute Gasteiger partial charge is 0.350 e. The first-order valence-electron chi connectivity index (χ1n) is 11.4. The Bertz CT molecular complexity index is 1660. The van der Waals surface area contributed by atoms with E-state index in [4.69, 9.17) is 4.74 Å². The molecule has 1 amide bonds. The second-order valence-corrected chi connectivity index (χ2v) is 8.65. The van der Waals surface area contributed by atoms with Gasteiger partial charge >= 0.3 is 11.7 Å². The molecule has 0 aliphatic carbocycles. The molecule has 10 heteroatoms. The van der Waals surface area contributed by atoms with Crippen LogP contribution >= 0.6 is 0 Å². The molecular formula is C26H24N6O4. The first-order chi connectivity index (χ1) is 17.4. The first kappa shape index (κ1) is 23.0. The molecular weight excluding hydrogens is 460 g/mol. The van der Waals surface area contributed by atoms with Crippen molar-refractivity contribution in [2.24, 2.45) is 0 Å². The number of benzene rings is 2. The standard InChI is InChI=1S/C26H24N6O4/c1-16(2)17-8-10-18(11-9-17)21-14-22-24-29-32(26(35)30(24)12-13-31(22)28-21)15-23(33)27-20-7-5-4-6-19(20)25(34)36-3/h4-14,16H,15H2,1-3H3,(H,27,33). The van der Waals surface area contributed by atoms with E-state index in [-0.39, 0.29) is 17.8 Å². The number of anilines is 1. The van der Waals surface area contributed by atoms with Crippen molar-refractivity contribution in [3.8, 4) is 11.3 Å². The number of hydrogen-bond donors (Lipinski definition) is 1. The summed E-state index contributed by atoms with van der Waals surface area (Å²) in [6.07, 6.45) is 3.24. The number of rotatable bonds is 6. The lowest BCUT2D eigenvalue weighted by Crippen LogP contribution is -2.28. The third-order valence-electron chi connectivity index (χ3n) is 5.97. The number of esters is 1. The summed E-state index contributed by atoms with van der Waals surface area (Å²) >= 11 is 0. The number of ether oxygens (including phenoxy) is 1. The van der Waals surface area contributed by atoms with Crippen molar-refractivity contribution in [1.82, 2.24) is 23.8 Å². The Morgan fingerprint density at radius 2 is 1.78 bits per heavy atom. The molecule has 10 nitrogen and oxygen atoms in total. The lowest BCUT2D eigenvalue weighted by Gasteiger charge is -2.09. The minimum Gasteiger partial charge on any atom is -0.465 e. The van der Waals surface area contributed by atoms with E-state index in [1.165, 1.54) is 17.1 Å². The molecule has 5 rings (SSSR count). The van der Waals surface area contributed by atoms with Gasteiger partial charge in [-0.3, -0.25) is 4.79 Å². The highest BCUT2D eigenvalue weighted by atomic mass is 16.5. The normalized spacial score (nSPS) is 11.3. The summed E-state index contributed by atoms with van der Waals surface area (Å²) in [6, 6.07) is 16.5. The van der Waals surface area contributed by atoms with Crippen molar-refractivity contribution < 1.29 is 14.3 Å². The monoisotopic (exact) mass is 484 g/mol. The summed E-state index contributed by atoms with van der Waals surface area (Å²) in [7, 11) is 1.26. The molecule has 0 radical (unpaired) electrons.